The lowest BCUT2D eigenvalue weighted by Gasteiger charge is -2.32. The summed E-state index contributed by atoms with van der Waals surface area (Å²) in [5.74, 6) is -2.13. The number of pyridine rings is 1. The van der Waals surface area contributed by atoms with Crippen LogP contribution in [0.4, 0.5) is 8.78 Å². The SMILES string of the molecule is C=CC(=O)N1CCC(n2cnc3cnc4c(F)c(-c5c(O)cccc5F)c(Cl)cc4c32)CC1. The van der Waals surface area contributed by atoms with E-state index in [2.05, 4.69) is 16.5 Å². The van der Waals surface area contributed by atoms with E-state index >= 15 is 4.39 Å². The number of aromatic hydroxyl groups is 1. The Morgan fingerprint density at radius 2 is 1.97 bits per heavy atom. The topological polar surface area (TPSA) is 71.2 Å². The highest BCUT2D eigenvalue weighted by Gasteiger charge is 2.26. The zero-order valence-corrected chi connectivity index (χ0v) is 18.2. The Morgan fingerprint density at radius 1 is 1.21 bits per heavy atom. The second-order valence-electron chi connectivity index (χ2n) is 7.98. The van der Waals surface area contributed by atoms with Crippen LogP contribution < -0.4 is 0 Å². The van der Waals surface area contributed by atoms with Crippen molar-refractivity contribution in [1.82, 2.24) is 19.4 Å². The van der Waals surface area contributed by atoms with Gasteiger partial charge in [-0.3, -0.25) is 9.78 Å². The molecule has 1 saturated heterocycles. The Morgan fingerprint density at radius 3 is 2.67 bits per heavy atom. The van der Waals surface area contributed by atoms with Gasteiger partial charge in [-0.15, -0.1) is 0 Å². The lowest BCUT2D eigenvalue weighted by molar-refractivity contribution is -0.127. The number of hydrogen-bond donors (Lipinski definition) is 1. The van der Waals surface area contributed by atoms with Crippen molar-refractivity contribution >= 4 is 39.4 Å². The number of fused-ring (bicyclic) bond motifs is 3. The second-order valence-corrected chi connectivity index (χ2v) is 8.39. The van der Waals surface area contributed by atoms with E-state index in [4.69, 9.17) is 11.6 Å². The zero-order chi connectivity index (χ0) is 23.3. The van der Waals surface area contributed by atoms with Crippen LogP contribution in [0.1, 0.15) is 18.9 Å². The lowest BCUT2D eigenvalue weighted by Crippen LogP contribution is -2.38. The predicted molar refractivity (Wildman–Crippen MR) is 122 cm³/mol. The number of phenols is 1. The van der Waals surface area contributed by atoms with Crippen molar-refractivity contribution in [2.45, 2.75) is 18.9 Å². The molecule has 9 heteroatoms. The summed E-state index contributed by atoms with van der Waals surface area (Å²) in [6, 6.07) is 5.31. The molecule has 3 heterocycles. The number of imidazole rings is 1. The van der Waals surface area contributed by atoms with E-state index in [-0.39, 0.29) is 33.6 Å². The molecule has 2 aromatic heterocycles. The highest BCUT2D eigenvalue weighted by molar-refractivity contribution is 6.34. The summed E-state index contributed by atoms with van der Waals surface area (Å²) in [6.07, 6.45) is 5.86. The maximum Gasteiger partial charge on any atom is 0.245 e. The molecule has 6 nitrogen and oxygen atoms in total. The number of halogens is 3. The molecule has 1 fully saturated rings. The van der Waals surface area contributed by atoms with Crippen LogP contribution in [0.2, 0.25) is 5.02 Å². The number of likely N-dealkylation sites (tertiary alicyclic amines) is 1. The smallest absolute Gasteiger partial charge is 0.245 e. The lowest BCUT2D eigenvalue weighted by atomic mass is 10.00. The van der Waals surface area contributed by atoms with Gasteiger partial charge in [0.05, 0.1) is 28.6 Å². The third kappa shape index (κ3) is 3.41. The molecule has 2 aromatic carbocycles. The van der Waals surface area contributed by atoms with E-state index in [1.807, 2.05) is 4.57 Å². The molecule has 0 bridgehead atoms. The molecule has 0 atom stereocenters. The highest BCUT2D eigenvalue weighted by atomic mass is 35.5. The Labute approximate surface area is 192 Å². The van der Waals surface area contributed by atoms with Crippen LogP contribution >= 0.6 is 11.6 Å². The Kier molecular flexibility index (Phi) is 5.25. The van der Waals surface area contributed by atoms with Gasteiger partial charge in [0.2, 0.25) is 5.91 Å². The van der Waals surface area contributed by atoms with E-state index in [1.54, 1.807) is 11.2 Å². The van der Waals surface area contributed by atoms with Gasteiger partial charge < -0.3 is 14.6 Å². The van der Waals surface area contributed by atoms with E-state index in [0.29, 0.717) is 42.4 Å². The first-order chi connectivity index (χ1) is 15.9. The van der Waals surface area contributed by atoms with Crippen LogP contribution in [0.3, 0.4) is 0 Å². The molecule has 0 aliphatic carbocycles. The molecule has 1 aliphatic heterocycles. The monoisotopic (exact) mass is 468 g/mol. The normalized spacial score (nSPS) is 14.8. The number of amides is 1. The summed E-state index contributed by atoms with van der Waals surface area (Å²) in [7, 11) is 0. The van der Waals surface area contributed by atoms with Crippen LogP contribution in [0.5, 0.6) is 5.75 Å². The van der Waals surface area contributed by atoms with Gasteiger partial charge in [0.1, 0.15) is 22.6 Å². The Bertz CT molecular complexity index is 1410. The van der Waals surface area contributed by atoms with Gasteiger partial charge in [-0.05, 0) is 37.1 Å². The molecule has 0 spiro atoms. The molecular weight excluding hydrogens is 450 g/mol. The molecule has 5 rings (SSSR count). The van der Waals surface area contributed by atoms with Crippen LogP contribution in [0.15, 0.2) is 49.4 Å². The van der Waals surface area contributed by atoms with Gasteiger partial charge in [0, 0.05) is 30.1 Å². The number of piperidine rings is 1. The minimum absolute atomic E-state index is 0.00516. The molecule has 1 amide bonds. The number of aromatic nitrogens is 3. The molecule has 0 radical (unpaired) electrons. The third-order valence-electron chi connectivity index (χ3n) is 6.17. The fourth-order valence-electron chi connectivity index (χ4n) is 4.55. The maximum absolute atomic E-state index is 15.7. The Hall–Kier alpha value is -3.52. The second kappa shape index (κ2) is 8.12. The predicted octanol–water partition coefficient (Wildman–Crippen LogP) is 5.24. The van der Waals surface area contributed by atoms with Gasteiger partial charge >= 0.3 is 0 Å². The maximum atomic E-state index is 15.7. The number of carbonyl (C=O) groups is 1. The van der Waals surface area contributed by atoms with Gasteiger partial charge in [0.25, 0.3) is 0 Å². The summed E-state index contributed by atoms with van der Waals surface area (Å²) >= 11 is 6.43. The number of hydrogen-bond acceptors (Lipinski definition) is 4. The van der Waals surface area contributed by atoms with Crippen molar-refractivity contribution in [2.75, 3.05) is 13.1 Å². The minimum atomic E-state index is -0.820. The zero-order valence-electron chi connectivity index (χ0n) is 17.4. The summed E-state index contributed by atoms with van der Waals surface area (Å²) in [5.41, 5.74) is 0.693. The standard InChI is InChI=1S/C24H19ClF2N4O2/c1-2-19(33)30-8-6-13(7-9-30)31-12-29-17-11-28-23-14(24(17)31)10-15(25)20(22(23)27)21-16(26)4-3-5-18(21)32/h2-5,10-13,32H,1,6-9H2. The fourth-order valence-corrected chi connectivity index (χ4v) is 4.83. The molecule has 1 aliphatic rings. The molecular formula is C24H19ClF2N4O2. The fraction of sp³-hybridized carbons (Fsp3) is 0.208. The number of benzene rings is 2. The average molecular weight is 469 g/mol. The first-order valence-corrected chi connectivity index (χ1v) is 10.8. The summed E-state index contributed by atoms with van der Waals surface area (Å²) < 4.78 is 32.1. The van der Waals surface area contributed by atoms with Crippen molar-refractivity contribution in [3.63, 3.8) is 0 Å². The first kappa shape index (κ1) is 21.3. The third-order valence-corrected chi connectivity index (χ3v) is 6.47. The first-order valence-electron chi connectivity index (χ1n) is 10.4. The quantitative estimate of drug-likeness (QED) is 0.417. The number of phenolic OH excluding ortho intramolecular Hbond substituents is 1. The average Bonchev–Trinajstić information content (AvgIpc) is 3.25. The van der Waals surface area contributed by atoms with Gasteiger partial charge in [0.15, 0.2) is 5.82 Å². The van der Waals surface area contributed by atoms with Crippen LogP contribution in [0.25, 0.3) is 33.1 Å². The Balaban J connectivity index is 1.65. The highest BCUT2D eigenvalue weighted by Crippen LogP contribution is 2.42. The van der Waals surface area contributed by atoms with Crippen molar-refractivity contribution in [1.29, 1.82) is 0 Å². The van der Waals surface area contributed by atoms with Crippen molar-refractivity contribution in [3.8, 4) is 16.9 Å². The van der Waals surface area contributed by atoms with Crippen LogP contribution in [-0.2, 0) is 4.79 Å². The van der Waals surface area contributed by atoms with Crippen LogP contribution in [-0.4, -0.2) is 43.5 Å². The van der Waals surface area contributed by atoms with Crippen molar-refractivity contribution in [3.05, 3.63) is 66.1 Å². The van der Waals surface area contributed by atoms with E-state index in [1.165, 1.54) is 30.5 Å². The number of nitrogens with zero attached hydrogens (tertiary/aromatic N) is 4. The van der Waals surface area contributed by atoms with Gasteiger partial charge in [-0.2, -0.15) is 0 Å². The van der Waals surface area contributed by atoms with Crippen molar-refractivity contribution < 1.29 is 18.7 Å². The molecule has 4 aromatic rings. The largest absolute Gasteiger partial charge is 0.507 e. The molecule has 0 unspecified atom stereocenters. The summed E-state index contributed by atoms with van der Waals surface area (Å²) in [4.78, 5) is 22.3. The van der Waals surface area contributed by atoms with Crippen LogP contribution in [0, 0.1) is 11.6 Å². The van der Waals surface area contributed by atoms with E-state index < -0.39 is 17.4 Å². The van der Waals surface area contributed by atoms with Gasteiger partial charge in [-0.1, -0.05) is 24.2 Å². The minimum Gasteiger partial charge on any atom is -0.507 e. The van der Waals surface area contributed by atoms with E-state index in [9.17, 15) is 14.3 Å². The number of rotatable bonds is 3. The van der Waals surface area contributed by atoms with Crippen molar-refractivity contribution in [2.24, 2.45) is 0 Å². The number of carbonyl (C=O) groups excluding carboxylic acids is 1. The van der Waals surface area contributed by atoms with Gasteiger partial charge in [-0.25, -0.2) is 13.8 Å². The summed E-state index contributed by atoms with van der Waals surface area (Å²) in [6.45, 7) is 4.68. The molecule has 33 heavy (non-hydrogen) atoms. The molecule has 0 saturated carbocycles. The van der Waals surface area contributed by atoms with E-state index in [0.717, 1.165) is 6.07 Å². The molecule has 168 valence electrons. The molecule has 1 N–H and O–H groups in total. The summed E-state index contributed by atoms with van der Waals surface area (Å²) in [5, 5.41) is 10.6.